The van der Waals surface area contributed by atoms with E-state index in [2.05, 4.69) is 43.4 Å². The molecule has 0 bridgehead atoms. The number of fused-ring (bicyclic) bond motifs is 1. The van der Waals surface area contributed by atoms with Crippen molar-refractivity contribution < 1.29 is 19.5 Å². The highest BCUT2D eigenvalue weighted by Gasteiger charge is 2.35. The van der Waals surface area contributed by atoms with E-state index in [9.17, 15) is 14.8 Å². The summed E-state index contributed by atoms with van der Waals surface area (Å²) in [6.07, 6.45) is 6.25. The summed E-state index contributed by atoms with van der Waals surface area (Å²) in [6, 6.07) is 14.5. The van der Waals surface area contributed by atoms with E-state index in [-0.39, 0.29) is 12.5 Å². The van der Waals surface area contributed by atoms with E-state index in [1.54, 1.807) is 10.4 Å². The maximum atomic E-state index is 13.8. The Morgan fingerprint density at radius 1 is 1.09 bits per heavy atom. The fraction of sp³-hybridized carbons (Fsp3) is 0.500. The number of anilines is 1. The lowest BCUT2D eigenvalue weighted by Gasteiger charge is -2.30. The zero-order valence-corrected chi connectivity index (χ0v) is 20.7. The van der Waals surface area contributed by atoms with E-state index in [1.807, 2.05) is 24.3 Å². The van der Waals surface area contributed by atoms with Crippen LogP contribution in [0.3, 0.4) is 0 Å². The lowest BCUT2D eigenvalue weighted by atomic mass is 9.84. The van der Waals surface area contributed by atoms with Crippen LogP contribution in [0.5, 0.6) is 5.75 Å². The molecule has 1 aliphatic carbocycles. The van der Waals surface area contributed by atoms with Crippen LogP contribution in [0.2, 0.25) is 0 Å². The summed E-state index contributed by atoms with van der Waals surface area (Å²) in [5.74, 6) is 0.807. The van der Waals surface area contributed by atoms with Crippen LogP contribution in [0.4, 0.5) is 5.69 Å². The number of carbonyl (C=O) groups is 2. The molecule has 3 N–H and O–H groups in total. The van der Waals surface area contributed by atoms with E-state index in [1.165, 1.54) is 12.0 Å². The van der Waals surface area contributed by atoms with E-state index in [4.69, 9.17) is 4.74 Å². The van der Waals surface area contributed by atoms with Crippen LogP contribution >= 0.6 is 0 Å². The lowest BCUT2D eigenvalue weighted by Crippen LogP contribution is -2.56. The minimum Gasteiger partial charge on any atom is -0.489 e. The number of hydrogen-bond donors (Lipinski definition) is 3. The molecule has 1 heterocycles. The van der Waals surface area contributed by atoms with Crippen LogP contribution in [0.15, 0.2) is 48.5 Å². The Balaban J connectivity index is 1.56. The second kappa shape index (κ2) is 11.7. The van der Waals surface area contributed by atoms with Gasteiger partial charge in [-0.1, -0.05) is 82.3 Å². The Kier molecular flexibility index (Phi) is 8.42. The predicted molar refractivity (Wildman–Crippen MR) is 135 cm³/mol. The molecule has 35 heavy (non-hydrogen) atoms. The Labute approximate surface area is 207 Å². The van der Waals surface area contributed by atoms with Crippen LogP contribution in [-0.4, -0.2) is 35.7 Å². The molecule has 2 atom stereocenters. The predicted octanol–water partition coefficient (Wildman–Crippen LogP) is 4.54. The normalized spacial score (nSPS) is 19.6. The minimum absolute atomic E-state index is 0.110. The van der Waals surface area contributed by atoms with Gasteiger partial charge in [0.1, 0.15) is 18.4 Å². The number of carbonyl (C=O) groups excluding carboxylic acids is 2. The highest BCUT2D eigenvalue weighted by molar-refractivity contribution is 5.99. The number of nitrogens with zero attached hydrogens (tertiary/aromatic N) is 1. The number of benzene rings is 2. The highest BCUT2D eigenvalue weighted by Crippen LogP contribution is 2.33. The molecule has 7 nitrogen and oxygen atoms in total. The van der Waals surface area contributed by atoms with Crippen molar-refractivity contribution >= 4 is 17.5 Å². The highest BCUT2D eigenvalue weighted by atomic mass is 16.5. The fourth-order valence-electron chi connectivity index (χ4n) is 5.15. The number of nitrogens with one attached hydrogen (secondary N) is 2. The first-order valence-electron chi connectivity index (χ1n) is 12.8. The molecule has 2 aliphatic rings. The van der Waals surface area contributed by atoms with Gasteiger partial charge in [-0.05, 0) is 41.5 Å². The van der Waals surface area contributed by atoms with E-state index in [0.29, 0.717) is 36.2 Å². The van der Waals surface area contributed by atoms with Crippen molar-refractivity contribution in [2.24, 2.45) is 5.92 Å². The van der Waals surface area contributed by atoms with Gasteiger partial charge in [-0.2, -0.15) is 0 Å². The average molecular weight is 480 g/mol. The quantitative estimate of drug-likeness (QED) is 0.382. The zero-order valence-electron chi connectivity index (χ0n) is 20.7. The third kappa shape index (κ3) is 6.21. The SMILES string of the molecule is CC(C)c1ccc(CN2C(=O)[C@@H](N[C@@H](CC3CCCCC3)C(=O)NO)COc3ccccc32)cc1. The molecule has 1 aliphatic heterocycles. The summed E-state index contributed by atoms with van der Waals surface area (Å²) in [5.41, 5.74) is 4.77. The standard InChI is InChI=1S/C28H37N3O4/c1-19(2)22-14-12-21(13-15-22)17-31-25-10-6-7-11-26(25)35-18-24(28(31)33)29-23(27(32)30-34)16-20-8-4-3-5-9-20/h6-7,10-15,19-20,23-24,29,34H,3-5,8-9,16-18H2,1-2H3,(H,30,32)/t23-,24-/m0/s1. The largest absolute Gasteiger partial charge is 0.489 e. The van der Waals surface area contributed by atoms with Crippen molar-refractivity contribution in [3.05, 3.63) is 59.7 Å². The molecule has 0 saturated heterocycles. The molecule has 2 aromatic rings. The molecule has 0 unspecified atom stereocenters. The van der Waals surface area contributed by atoms with E-state index in [0.717, 1.165) is 31.2 Å². The van der Waals surface area contributed by atoms with Crippen molar-refractivity contribution in [1.29, 1.82) is 0 Å². The molecule has 0 radical (unpaired) electrons. The molecule has 2 aromatic carbocycles. The van der Waals surface area contributed by atoms with Crippen LogP contribution in [0, 0.1) is 5.92 Å². The van der Waals surface area contributed by atoms with Gasteiger partial charge in [0.05, 0.1) is 18.3 Å². The van der Waals surface area contributed by atoms with Crippen molar-refractivity contribution in [3.63, 3.8) is 0 Å². The average Bonchev–Trinajstić information content (AvgIpc) is 3.01. The summed E-state index contributed by atoms with van der Waals surface area (Å²) < 4.78 is 6.04. The first-order chi connectivity index (χ1) is 17.0. The van der Waals surface area contributed by atoms with Gasteiger partial charge in [-0.15, -0.1) is 0 Å². The van der Waals surface area contributed by atoms with Gasteiger partial charge in [0.25, 0.3) is 5.91 Å². The number of para-hydroxylation sites is 2. The van der Waals surface area contributed by atoms with Crippen LogP contribution in [0.1, 0.15) is 69.4 Å². The zero-order chi connectivity index (χ0) is 24.8. The van der Waals surface area contributed by atoms with Crippen LogP contribution < -0.4 is 20.4 Å². The van der Waals surface area contributed by atoms with Gasteiger partial charge in [0, 0.05) is 0 Å². The number of hydroxylamine groups is 1. The molecular weight excluding hydrogens is 442 g/mol. The van der Waals surface area contributed by atoms with E-state index < -0.39 is 18.0 Å². The summed E-state index contributed by atoms with van der Waals surface area (Å²) in [7, 11) is 0. The maximum absolute atomic E-state index is 13.8. The fourth-order valence-corrected chi connectivity index (χ4v) is 5.15. The molecule has 2 amide bonds. The molecular formula is C28H37N3O4. The monoisotopic (exact) mass is 479 g/mol. The van der Waals surface area contributed by atoms with Crippen molar-refractivity contribution in [2.45, 2.75) is 76.9 Å². The Morgan fingerprint density at radius 2 is 1.80 bits per heavy atom. The van der Waals surface area contributed by atoms with Gasteiger partial charge in [-0.3, -0.25) is 20.1 Å². The van der Waals surface area contributed by atoms with Gasteiger partial charge < -0.3 is 9.64 Å². The molecule has 188 valence electrons. The second-order valence-electron chi connectivity index (χ2n) is 10.1. The van der Waals surface area contributed by atoms with Gasteiger partial charge in [-0.25, -0.2) is 5.48 Å². The van der Waals surface area contributed by atoms with Crippen molar-refractivity contribution in [3.8, 4) is 5.75 Å². The van der Waals surface area contributed by atoms with Crippen LogP contribution in [-0.2, 0) is 16.1 Å². The maximum Gasteiger partial charge on any atom is 0.260 e. The summed E-state index contributed by atoms with van der Waals surface area (Å²) in [6.45, 7) is 4.82. The molecule has 1 saturated carbocycles. The summed E-state index contributed by atoms with van der Waals surface area (Å²) in [5, 5.41) is 12.6. The number of ether oxygens (including phenoxy) is 1. The smallest absolute Gasteiger partial charge is 0.260 e. The van der Waals surface area contributed by atoms with Crippen molar-refractivity contribution in [1.82, 2.24) is 10.8 Å². The number of hydrogen-bond acceptors (Lipinski definition) is 5. The molecule has 4 rings (SSSR count). The Hall–Kier alpha value is -2.90. The van der Waals surface area contributed by atoms with E-state index >= 15 is 0 Å². The minimum atomic E-state index is -0.719. The molecule has 7 heteroatoms. The summed E-state index contributed by atoms with van der Waals surface area (Å²) in [4.78, 5) is 28.1. The Bertz CT molecular complexity index is 1000. The molecule has 0 aromatic heterocycles. The number of rotatable bonds is 8. The van der Waals surface area contributed by atoms with Gasteiger partial charge in [0.2, 0.25) is 5.91 Å². The summed E-state index contributed by atoms with van der Waals surface area (Å²) >= 11 is 0. The molecule has 1 fully saturated rings. The third-order valence-electron chi connectivity index (χ3n) is 7.24. The first-order valence-corrected chi connectivity index (χ1v) is 12.8. The Morgan fingerprint density at radius 3 is 2.49 bits per heavy atom. The van der Waals surface area contributed by atoms with Crippen molar-refractivity contribution in [2.75, 3.05) is 11.5 Å². The first kappa shape index (κ1) is 25.2. The lowest BCUT2D eigenvalue weighted by molar-refractivity contribution is -0.132. The van der Waals surface area contributed by atoms with Gasteiger partial charge in [0.15, 0.2) is 0 Å². The second-order valence-corrected chi connectivity index (χ2v) is 10.1. The van der Waals surface area contributed by atoms with Crippen LogP contribution in [0.25, 0.3) is 0 Å². The third-order valence-corrected chi connectivity index (χ3v) is 7.24. The topological polar surface area (TPSA) is 90.9 Å². The van der Waals surface area contributed by atoms with Gasteiger partial charge >= 0.3 is 0 Å². The number of amides is 2. The molecule has 0 spiro atoms.